The molecule has 0 fully saturated rings. The Kier molecular flexibility index (Phi) is 8.66. The number of pyridine rings is 2. The highest BCUT2D eigenvalue weighted by Gasteiger charge is 2.18. The monoisotopic (exact) mass is 496 g/mol. The topological polar surface area (TPSA) is 135 Å². The van der Waals surface area contributed by atoms with Crippen LogP contribution in [0.25, 0.3) is 5.52 Å². The lowest BCUT2D eigenvalue weighted by Gasteiger charge is -2.15. The van der Waals surface area contributed by atoms with Crippen LogP contribution in [0.1, 0.15) is 23.7 Å². The van der Waals surface area contributed by atoms with Crippen molar-refractivity contribution in [3.63, 3.8) is 0 Å². The molecule has 2 radical (unpaired) electrons. The smallest absolute Gasteiger partial charge is 0.255 e. The van der Waals surface area contributed by atoms with Crippen LogP contribution in [0.15, 0.2) is 70.5 Å². The summed E-state index contributed by atoms with van der Waals surface area (Å²) in [6, 6.07) is 13.3. The Bertz CT molecular complexity index is 1360. The number of aromatic nitrogens is 1. The molecule has 0 saturated carbocycles. The zero-order valence-corrected chi connectivity index (χ0v) is 19.9. The number of fused-ring (bicyclic) bond motifs is 1. The Balaban J connectivity index is 1.62. The average Bonchev–Trinajstić information content (AvgIpc) is 2.82. The van der Waals surface area contributed by atoms with E-state index in [2.05, 4.69) is 15.4 Å². The largest absolute Gasteiger partial charge is 0.493 e. The Hall–Kier alpha value is -3.64. The fraction of sp³-hybridized carbons (Fsp3) is 0.261. The number of nitrogens with zero attached hydrogens (tertiary/aromatic N) is 1. The molecular formula is C23H25BN4O6S. The van der Waals surface area contributed by atoms with Gasteiger partial charge >= 0.3 is 0 Å². The molecule has 0 aliphatic rings. The van der Waals surface area contributed by atoms with Crippen LogP contribution in [0.5, 0.6) is 5.75 Å². The molecule has 0 aliphatic heterocycles. The van der Waals surface area contributed by atoms with Gasteiger partial charge in [-0.15, -0.1) is 0 Å². The number of rotatable bonds is 11. The molecular weight excluding hydrogens is 471 g/mol. The van der Waals surface area contributed by atoms with Gasteiger partial charge < -0.3 is 15.4 Å². The molecule has 182 valence electrons. The summed E-state index contributed by atoms with van der Waals surface area (Å²) < 4.78 is 34.3. The van der Waals surface area contributed by atoms with Crippen LogP contribution in [0, 0.1) is 0 Å². The molecule has 35 heavy (non-hydrogen) atoms. The normalized spacial score (nSPS) is 12.1. The third-order valence-corrected chi connectivity index (χ3v) is 6.51. The first kappa shape index (κ1) is 26.0. The summed E-state index contributed by atoms with van der Waals surface area (Å²) in [7, 11) is 1.28. The van der Waals surface area contributed by atoms with Crippen molar-refractivity contribution in [1.29, 1.82) is 0 Å². The number of benzene rings is 1. The molecule has 0 saturated heterocycles. The first-order valence-electron chi connectivity index (χ1n) is 10.8. The lowest BCUT2D eigenvalue weighted by Crippen LogP contribution is -2.41. The van der Waals surface area contributed by atoms with Crippen LogP contribution < -0.4 is 25.7 Å². The molecule has 10 nitrogen and oxygen atoms in total. The van der Waals surface area contributed by atoms with Crippen molar-refractivity contribution >= 4 is 35.1 Å². The van der Waals surface area contributed by atoms with Gasteiger partial charge in [-0.3, -0.25) is 18.8 Å². The minimum Gasteiger partial charge on any atom is -0.493 e. The van der Waals surface area contributed by atoms with Gasteiger partial charge in [-0.2, -0.15) is 0 Å². The summed E-state index contributed by atoms with van der Waals surface area (Å²) in [6.07, 6.45) is 2.08. The fourth-order valence-corrected chi connectivity index (χ4v) is 4.49. The molecule has 3 rings (SSSR count). The highest BCUT2D eigenvalue weighted by atomic mass is 32.2. The molecule has 2 aromatic heterocycles. The van der Waals surface area contributed by atoms with E-state index in [1.54, 1.807) is 37.3 Å². The maximum absolute atomic E-state index is 12.7. The van der Waals surface area contributed by atoms with E-state index in [1.165, 1.54) is 34.9 Å². The van der Waals surface area contributed by atoms with Crippen molar-refractivity contribution in [3.8, 4) is 5.75 Å². The van der Waals surface area contributed by atoms with E-state index in [1.807, 2.05) is 0 Å². The molecule has 0 spiro atoms. The quantitative estimate of drug-likeness (QED) is 0.268. The highest BCUT2D eigenvalue weighted by Crippen LogP contribution is 2.15. The van der Waals surface area contributed by atoms with Gasteiger partial charge in [0, 0.05) is 43.0 Å². The second-order valence-electron chi connectivity index (χ2n) is 7.78. The zero-order valence-electron chi connectivity index (χ0n) is 19.1. The third kappa shape index (κ3) is 7.42. The van der Waals surface area contributed by atoms with Crippen LogP contribution in [-0.4, -0.2) is 58.1 Å². The van der Waals surface area contributed by atoms with E-state index in [9.17, 15) is 22.8 Å². The zero-order chi connectivity index (χ0) is 25.4. The number of ether oxygens (including phenoxy) is 1. The van der Waals surface area contributed by atoms with Crippen molar-refractivity contribution in [3.05, 3.63) is 76.7 Å². The molecule has 0 aliphatic carbocycles. The number of carbonyl (C=O) groups excluding carboxylic acids is 2. The summed E-state index contributed by atoms with van der Waals surface area (Å²) in [4.78, 5) is 35.9. The van der Waals surface area contributed by atoms with Crippen LogP contribution in [0.3, 0.4) is 0 Å². The van der Waals surface area contributed by atoms with Gasteiger partial charge in [-0.1, -0.05) is 18.2 Å². The summed E-state index contributed by atoms with van der Waals surface area (Å²) >= 11 is 0. The summed E-state index contributed by atoms with van der Waals surface area (Å²) in [5.74, 6) is -0.631. The molecule has 0 bridgehead atoms. The summed E-state index contributed by atoms with van der Waals surface area (Å²) in [5, 5.41) is 5.11. The molecule has 2 amide bonds. The fourth-order valence-electron chi connectivity index (χ4n) is 3.23. The molecule has 0 unspecified atom stereocenters. The minimum atomic E-state index is -3.72. The lowest BCUT2D eigenvalue weighted by atomic mass is 10.1. The standard InChI is InChI=1S/C23H25BN4O6S/c1-16(27-35(32,33)20-6-3-2-4-7-20)15-26-22(30)17-12-18-14-19(8-10-28(18)21(29)13-17)34-11-5-9-25-23(24)31/h2-4,6-8,10,12-14,16,27H,5,9,11,15H2,1H3,(H,25,31)(H,26,30)/t16-/m1/s1. The lowest BCUT2D eigenvalue weighted by molar-refractivity contribution is 0.0951. The van der Waals surface area contributed by atoms with E-state index >= 15 is 0 Å². The average molecular weight is 496 g/mol. The van der Waals surface area contributed by atoms with Gasteiger partial charge in [0.1, 0.15) is 5.75 Å². The van der Waals surface area contributed by atoms with E-state index < -0.39 is 33.3 Å². The summed E-state index contributed by atoms with van der Waals surface area (Å²) in [6.45, 7) is 2.33. The van der Waals surface area contributed by atoms with Gasteiger partial charge in [0.15, 0.2) is 13.7 Å². The molecule has 1 aromatic carbocycles. The molecule has 1 atom stereocenters. The third-order valence-electron chi connectivity index (χ3n) is 4.91. The van der Waals surface area contributed by atoms with Crippen molar-refractivity contribution in [2.45, 2.75) is 24.3 Å². The van der Waals surface area contributed by atoms with Crippen molar-refractivity contribution in [2.75, 3.05) is 19.7 Å². The summed E-state index contributed by atoms with van der Waals surface area (Å²) in [5.41, 5.74) is 0.187. The van der Waals surface area contributed by atoms with Crippen LogP contribution in [0.2, 0.25) is 0 Å². The number of hydrogen-bond acceptors (Lipinski definition) is 6. The molecule has 12 heteroatoms. The minimum absolute atomic E-state index is 0.0206. The molecule has 3 aromatic rings. The van der Waals surface area contributed by atoms with E-state index in [0.29, 0.717) is 30.8 Å². The number of carbonyl (C=O) groups is 2. The van der Waals surface area contributed by atoms with E-state index in [-0.39, 0.29) is 17.0 Å². The second-order valence-corrected chi connectivity index (χ2v) is 9.49. The van der Waals surface area contributed by atoms with Gasteiger partial charge in [0.2, 0.25) is 10.0 Å². The van der Waals surface area contributed by atoms with Crippen LogP contribution in [0.4, 0.5) is 4.79 Å². The van der Waals surface area contributed by atoms with Gasteiger partial charge in [0.05, 0.1) is 17.0 Å². The highest BCUT2D eigenvalue weighted by molar-refractivity contribution is 7.89. The first-order chi connectivity index (χ1) is 16.7. The SMILES string of the molecule is [B]C(=O)NCCCOc1ccn2c(=O)cc(C(=O)NC[C@@H](C)NS(=O)(=O)c3ccccc3)cc2c1. The number of sulfonamides is 1. The number of hydrogen-bond donors (Lipinski definition) is 3. The van der Waals surface area contributed by atoms with Crippen molar-refractivity contribution < 1.29 is 22.7 Å². The van der Waals surface area contributed by atoms with Gasteiger partial charge in [0.25, 0.3) is 11.5 Å². The van der Waals surface area contributed by atoms with Gasteiger partial charge in [-0.05, 0) is 37.6 Å². The van der Waals surface area contributed by atoms with E-state index in [4.69, 9.17) is 12.6 Å². The number of amides is 2. The predicted octanol–water partition coefficient (Wildman–Crippen LogP) is 1.04. The Labute approximate surface area is 204 Å². The Morgan fingerprint density at radius 2 is 1.83 bits per heavy atom. The van der Waals surface area contributed by atoms with Crippen LogP contribution in [-0.2, 0) is 10.0 Å². The Morgan fingerprint density at radius 3 is 2.54 bits per heavy atom. The second kappa shape index (κ2) is 11.7. The maximum Gasteiger partial charge on any atom is 0.255 e. The van der Waals surface area contributed by atoms with Crippen LogP contribution >= 0.6 is 0 Å². The molecule has 2 heterocycles. The number of nitrogens with one attached hydrogen (secondary N) is 3. The predicted molar refractivity (Wildman–Crippen MR) is 131 cm³/mol. The van der Waals surface area contributed by atoms with Crippen molar-refractivity contribution in [2.24, 2.45) is 0 Å². The molecule has 3 N–H and O–H groups in total. The van der Waals surface area contributed by atoms with E-state index in [0.717, 1.165) is 0 Å². The maximum atomic E-state index is 12.7. The van der Waals surface area contributed by atoms with Crippen molar-refractivity contribution in [1.82, 2.24) is 19.8 Å². The van der Waals surface area contributed by atoms with Gasteiger partial charge in [-0.25, -0.2) is 13.1 Å². The Morgan fingerprint density at radius 1 is 1.09 bits per heavy atom. The first-order valence-corrected chi connectivity index (χ1v) is 12.3.